The first kappa shape index (κ1) is 24.9. The van der Waals surface area contributed by atoms with Gasteiger partial charge in [0.1, 0.15) is 23.4 Å². The first-order valence-electron chi connectivity index (χ1n) is 13.8. The predicted octanol–water partition coefficient (Wildman–Crippen LogP) is 8.65. The molecule has 7 rings (SSSR count). The number of ether oxygens (including phenoxy) is 4. The monoisotopic (exact) mass is 542 g/mol. The molecule has 1 fully saturated rings. The fourth-order valence-electron chi connectivity index (χ4n) is 5.92. The lowest BCUT2D eigenvalue weighted by Crippen LogP contribution is -2.19. The maximum atomic E-state index is 6.70. The van der Waals surface area contributed by atoms with Crippen LogP contribution < -0.4 is 30.4 Å². The van der Waals surface area contributed by atoms with Crippen molar-refractivity contribution in [3.63, 3.8) is 0 Å². The third-order valence-corrected chi connectivity index (χ3v) is 7.84. The van der Waals surface area contributed by atoms with E-state index in [1.807, 2.05) is 103 Å². The van der Waals surface area contributed by atoms with Crippen LogP contribution in [0.25, 0.3) is 0 Å². The first-order valence-corrected chi connectivity index (χ1v) is 13.8. The molecule has 204 valence electrons. The van der Waals surface area contributed by atoms with Crippen LogP contribution in [0, 0.1) is 0 Å². The Bertz CT molecular complexity index is 1680. The Morgan fingerprint density at radius 1 is 0.463 bits per heavy atom. The van der Waals surface area contributed by atoms with Gasteiger partial charge in [0, 0.05) is 23.2 Å². The van der Waals surface area contributed by atoms with E-state index in [0.29, 0.717) is 40.3 Å². The molecule has 41 heavy (non-hydrogen) atoms. The van der Waals surface area contributed by atoms with Gasteiger partial charge in [-0.05, 0) is 109 Å². The molecule has 6 heteroatoms. The molecular formula is C35H30N2O4. The molecule has 0 aliphatic heterocycles. The van der Waals surface area contributed by atoms with E-state index in [1.54, 1.807) is 0 Å². The highest BCUT2D eigenvalue weighted by Gasteiger charge is 2.48. The summed E-state index contributed by atoms with van der Waals surface area (Å²) in [6.45, 7) is 0. The molecule has 1 saturated carbocycles. The summed E-state index contributed by atoms with van der Waals surface area (Å²) in [5, 5.41) is 0. The Balaban J connectivity index is 1.10. The van der Waals surface area contributed by atoms with Gasteiger partial charge in [0.05, 0.1) is 0 Å². The minimum Gasteiger partial charge on any atom is -0.485 e. The quantitative estimate of drug-likeness (QED) is 0.191. The fourth-order valence-corrected chi connectivity index (χ4v) is 5.92. The second kappa shape index (κ2) is 10.5. The van der Waals surface area contributed by atoms with Gasteiger partial charge in [-0.25, -0.2) is 0 Å². The van der Waals surface area contributed by atoms with Crippen LogP contribution in [0.15, 0.2) is 115 Å². The standard InChI is InChI=1S/C35H30N2O4/c36-22-9-13-24(14-10-22)38-31-5-1-2-6-32(31)40-26-17-18-27-28-19-20-29(30(27)21-26)35(28)41-34-8-4-3-7-33(34)39-25-15-11-23(37)12-16-25/h1-18,21,28-29,35H,19-20,36-37H2. The highest BCUT2D eigenvalue weighted by Crippen LogP contribution is 2.56. The number of nitrogen functional groups attached to an aromatic ring is 2. The SMILES string of the molecule is Nc1ccc(Oc2ccccc2Oc2ccc3c(c2)C2CCC3C2Oc2ccccc2Oc2ccc(N)cc2)cc1. The topological polar surface area (TPSA) is 89.0 Å². The maximum Gasteiger partial charge on any atom is 0.169 e. The number of benzene rings is 5. The second-order valence-corrected chi connectivity index (χ2v) is 10.5. The van der Waals surface area contributed by atoms with E-state index < -0.39 is 0 Å². The van der Waals surface area contributed by atoms with Gasteiger partial charge >= 0.3 is 0 Å². The molecule has 5 aromatic carbocycles. The summed E-state index contributed by atoms with van der Waals surface area (Å²) in [7, 11) is 0. The summed E-state index contributed by atoms with van der Waals surface area (Å²) in [6, 6.07) is 36.6. The van der Waals surface area contributed by atoms with Crippen LogP contribution in [0.4, 0.5) is 11.4 Å². The Labute approximate surface area is 239 Å². The van der Waals surface area contributed by atoms with Crippen molar-refractivity contribution in [1.29, 1.82) is 0 Å². The summed E-state index contributed by atoms with van der Waals surface area (Å²) in [4.78, 5) is 0. The van der Waals surface area contributed by atoms with E-state index in [2.05, 4.69) is 12.1 Å². The zero-order valence-corrected chi connectivity index (χ0v) is 22.4. The first-order chi connectivity index (χ1) is 20.1. The number of anilines is 2. The highest BCUT2D eigenvalue weighted by molar-refractivity contribution is 5.52. The van der Waals surface area contributed by atoms with Gasteiger partial charge in [-0.15, -0.1) is 0 Å². The number of rotatable bonds is 8. The molecule has 0 amide bonds. The molecule has 3 unspecified atom stereocenters. The zero-order chi connectivity index (χ0) is 27.8. The molecule has 0 heterocycles. The molecule has 4 N–H and O–H groups in total. The Morgan fingerprint density at radius 2 is 0.902 bits per heavy atom. The summed E-state index contributed by atoms with van der Waals surface area (Å²) in [5.41, 5.74) is 15.7. The zero-order valence-electron chi connectivity index (χ0n) is 22.4. The Hall–Kier alpha value is -5.10. The lowest BCUT2D eigenvalue weighted by Gasteiger charge is -2.21. The van der Waals surface area contributed by atoms with Crippen molar-refractivity contribution in [2.45, 2.75) is 30.8 Å². The Morgan fingerprint density at radius 3 is 1.46 bits per heavy atom. The average Bonchev–Trinajstić information content (AvgIpc) is 3.52. The van der Waals surface area contributed by atoms with E-state index >= 15 is 0 Å². The minimum atomic E-state index is 0.0394. The average molecular weight is 543 g/mol. The van der Waals surface area contributed by atoms with Crippen molar-refractivity contribution in [1.82, 2.24) is 0 Å². The van der Waals surface area contributed by atoms with E-state index in [9.17, 15) is 0 Å². The van der Waals surface area contributed by atoms with Gasteiger partial charge in [-0.1, -0.05) is 30.3 Å². The van der Waals surface area contributed by atoms with Crippen molar-refractivity contribution < 1.29 is 18.9 Å². The smallest absolute Gasteiger partial charge is 0.169 e. The van der Waals surface area contributed by atoms with E-state index in [4.69, 9.17) is 30.4 Å². The molecule has 0 saturated heterocycles. The fraction of sp³-hybridized carbons (Fsp3) is 0.143. The molecule has 0 aromatic heterocycles. The number of hydrogen-bond acceptors (Lipinski definition) is 6. The van der Waals surface area contributed by atoms with Gasteiger partial charge in [0.2, 0.25) is 0 Å². The molecule has 6 nitrogen and oxygen atoms in total. The summed E-state index contributed by atoms with van der Waals surface area (Å²) in [5.74, 6) is 5.51. The van der Waals surface area contributed by atoms with Crippen LogP contribution >= 0.6 is 0 Å². The number of hydrogen-bond donors (Lipinski definition) is 2. The normalized spacial score (nSPS) is 18.5. The van der Waals surface area contributed by atoms with Crippen molar-refractivity contribution >= 4 is 11.4 Å². The van der Waals surface area contributed by atoms with Gasteiger partial charge in [-0.2, -0.15) is 0 Å². The third kappa shape index (κ3) is 5.00. The molecule has 2 aliphatic rings. The van der Waals surface area contributed by atoms with Crippen LogP contribution in [0.3, 0.4) is 0 Å². The van der Waals surface area contributed by atoms with Crippen LogP contribution in [0.2, 0.25) is 0 Å². The van der Waals surface area contributed by atoms with Crippen LogP contribution in [0.5, 0.6) is 40.2 Å². The van der Waals surface area contributed by atoms with E-state index in [1.165, 1.54) is 11.1 Å². The van der Waals surface area contributed by atoms with Crippen LogP contribution in [0.1, 0.15) is 35.8 Å². The van der Waals surface area contributed by atoms with E-state index in [0.717, 1.165) is 30.1 Å². The summed E-state index contributed by atoms with van der Waals surface area (Å²) >= 11 is 0. The predicted molar refractivity (Wildman–Crippen MR) is 160 cm³/mol. The summed E-state index contributed by atoms with van der Waals surface area (Å²) in [6.07, 6.45) is 2.21. The lowest BCUT2D eigenvalue weighted by molar-refractivity contribution is 0.180. The van der Waals surface area contributed by atoms with Crippen LogP contribution in [-0.2, 0) is 0 Å². The van der Waals surface area contributed by atoms with Crippen molar-refractivity contribution in [3.8, 4) is 40.2 Å². The van der Waals surface area contributed by atoms with Gasteiger partial charge in [0.15, 0.2) is 23.0 Å². The second-order valence-electron chi connectivity index (χ2n) is 10.5. The lowest BCUT2D eigenvalue weighted by atomic mass is 9.92. The van der Waals surface area contributed by atoms with Crippen molar-refractivity contribution in [2.75, 3.05) is 11.5 Å². The molecule has 2 aliphatic carbocycles. The van der Waals surface area contributed by atoms with Crippen molar-refractivity contribution in [2.24, 2.45) is 0 Å². The number of para-hydroxylation sites is 4. The van der Waals surface area contributed by atoms with Gasteiger partial charge in [-0.3, -0.25) is 0 Å². The largest absolute Gasteiger partial charge is 0.485 e. The summed E-state index contributed by atoms with van der Waals surface area (Å²) < 4.78 is 25.3. The molecule has 5 aromatic rings. The molecule has 3 atom stereocenters. The number of fused-ring (bicyclic) bond motifs is 5. The van der Waals surface area contributed by atoms with Gasteiger partial charge < -0.3 is 30.4 Å². The minimum absolute atomic E-state index is 0.0394. The molecule has 2 bridgehead atoms. The van der Waals surface area contributed by atoms with E-state index in [-0.39, 0.29) is 12.0 Å². The van der Waals surface area contributed by atoms with Crippen molar-refractivity contribution in [3.05, 3.63) is 126 Å². The van der Waals surface area contributed by atoms with Crippen LogP contribution in [-0.4, -0.2) is 6.10 Å². The Kier molecular flexibility index (Phi) is 6.36. The van der Waals surface area contributed by atoms with Gasteiger partial charge in [0.25, 0.3) is 0 Å². The molecular weight excluding hydrogens is 512 g/mol. The molecule has 0 spiro atoms. The maximum absolute atomic E-state index is 6.70. The third-order valence-electron chi connectivity index (χ3n) is 7.84. The highest BCUT2D eigenvalue weighted by atomic mass is 16.5. The molecule has 0 radical (unpaired) electrons. The number of nitrogens with two attached hydrogens (primary N) is 2.